The SMILES string of the molecule is CC(=O)NC1[C@H](OCCCNC(=O)CCOCC(COCCC(=O)NCCCO[C@@H]2OC(CO)[C@H](O)[C@H](O)C2NC(C)=O)(COCCC(=O)NCCCO[C@@H]2CC(CO)[C@H](O)[C@H](O)C2NC(C)=O)NC(=O)CCCC(=O)NCCCCCCOC(C)(C)C)OC(CO)[C@H](O)[C@@H]1O. The van der Waals surface area contributed by atoms with Gasteiger partial charge in [-0.1, -0.05) is 12.8 Å². The number of carbonyl (C=O) groups is 8. The first-order valence-corrected chi connectivity index (χ1v) is 33.3. The van der Waals surface area contributed by atoms with Gasteiger partial charge in [0.05, 0.1) is 89.9 Å². The van der Waals surface area contributed by atoms with Crippen LogP contribution in [0, 0.1) is 5.92 Å². The summed E-state index contributed by atoms with van der Waals surface area (Å²) in [4.78, 5) is 101. The van der Waals surface area contributed by atoms with E-state index < -0.39 is 158 Å². The molecule has 8 amide bonds. The zero-order valence-electron chi connectivity index (χ0n) is 56.5. The molecular formula is C62H112N8O26. The lowest BCUT2D eigenvalue weighted by atomic mass is 9.79. The van der Waals surface area contributed by atoms with Gasteiger partial charge in [0.1, 0.15) is 60.4 Å². The highest BCUT2D eigenvalue weighted by Crippen LogP contribution is 2.29. The molecule has 34 heteroatoms. The lowest BCUT2D eigenvalue weighted by Crippen LogP contribution is -2.64. The van der Waals surface area contributed by atoms with Gasteiger partial charge in [0.25, 0.3) is 0 Å². The average Bonchev–Trinajstić information content (AvgIpc) is 0.832. The second-order valence-corrected chi connectivity index (χ2v) is 25.3. The molecule has 0 aromatic carbocycles. The van der Waals surface area contributed by atoms with E-state index in [4.69, 9.17) is 42.6 Å². The number of hydrogen-bond donors (Lipinski definition) is 17. The summed E-state index contributed by atoms with van der Waals surface area (Å²) in [5.41, 5.74) is -1.74. The fourth-order valence-corrected chi connectivity index (χ4v) is 10.7. The van der Waals surface area contributed by atoms with Crippen LogP contribution in [0.3, 0.4) is 0 Å². The number of aliphatic hydroxyl groups is 9. The van der Waals surface area contributed by atoms with Gasteiger partial charge in [-0.05, 0) is 65.7 Å². The summed E-state index contributed by atoms with van der Waals surface area (Å²) in [5, 5.41) is 114. The Labute approximate surface area is 561 Å². The molecular weight excluding hydrogens is 1270 g/mol. The van der Waals surface area contributed by atoms with Crippen molar-refractivity contribution in [2.75, 3.05) is 112 Å². The van der Waals surface area contributed by atoms with E-state index in [0.29, 0.717) is 19.6 Å². The monoisotopic (exact) mass is 1380 g/mol. The van der Waals surface area contributed by atoms with Gasteiger partial charge in [-0.15, -0.1) is 0 Å². The average molecular weight is 1390 g/mol. The zero-order valence-corrected chi connectivity index (χ0v) is 56.5. The molecule has 34 nitrogen and oxygen atoms in total. The molecule has 96 heavy (non-hydrogen) atoms. The fourth-order valence-electron chi connectivity index (χ4n) is 10.7. The Morgan fingerprint density at radius 3 is 1.22 bits per heavy atom. The maximum absolute atomic E-state index is 13.9. The maximum atomic E-state index is 13.9. The molecule has 556 valence electrons. The Morgan fingerprint density at radius 2 is 0.802 bits per heavy atom. The van der Waals surface area contributed by atoms with Crippen molar-refractivity contribution in [3.63, 3.8) is 0 Å². The molecule has 1 aliphatic carbocycles. The lowest BCUT2D eigenvalue weighted by molar-refractivity contribution is -0.270. The van der Waals surface area contributed by atoms with Gasteiger partial charge in [-0.25, -0.2) is 0 Å². The Kier molecular flexibility index (Phi) is 41.2. The number of amides is 8. The Balaban J connectivity index is 1.68. The molecule has 0 aromatic heterocycles. The number of carbonyl (C=O) groups excluding carboxylic acids is 8. The van der Waals surface area contributed by atoms with E-state index >= 15 is 0 Å². The summed E-state index contributed by atoms with van der Waals surface area (Å²) in [7, 11) is 0. The standard InChI is InChI=1S/C62H112N8O26/c1-38(74)67-50-42(31-41(32-71)53(82)56(50)85)91-24-12-21-64-46(78)17-28-88-35-62(70-49(81)16-11-15-45(77)63-20-9-7-8-10-27-94-61(4,5)6,36-89-29-18-47(79)65-22-13-25-92-59-51(68-39(2)75)57(86)54(83)43(33-72)95-59)37-90-30-19-48(80)66-23-14-26-93-60-52(69-40(3)76)58(87)55(84)44(34-73)96-60/h41-44,50-60,71-73,82-87H,7-37H2,1-6H3,(H,63,77)(H,64,78)(H,65,79)(H,66,80)(H,67,74)(H,68,75)(H,69,76)(H,70,81)/t41?,42-,43?,44?,50?,51?,52?,53+,54+,55+,56-,57-,58-,59-,60-,62?/m1/s1. The molecule has 2 saturated heterocycles. The minimum atomic E-state index is -1.52. The quantitative estimate of drug-likeness (QED) is 0.0253. The van der Waals surface area contributed by atoms with E-state index in [1.54, 1.807) is 0 Å². The first-order chi connectivity index (χ1) is 45.6. The Hall–Kier alpha value is -4.96. The third-order valence-corrected chi connectivity index (χ3v) is 15.8. The lowest BCUT2D eigenvalue weighted by Gasteiger charge is -2.42. The number of rotatable bonds is 48. The second-order valence-electron chi connectivity index (χ2n) is 25.3. The third kappa shape index (κ3) is 33.3. The van der Waals surface area contributed by atoms with Gasteiger partial charge >= 0.3 is 0 Å². The van der Waals surface area contributed by atoms with Crippen LogP contribution < -0.4 is 42.5 Å². The molecule has 0 radical (unpaired) electrons. The Morgan fingerprint density at radius 1 is 0.417 bits per heavy atom. The predicted molar refractivity (Wildman–Crippen MR) is 338 cm³/mol. The van der Waals surface area contributed by atoms with Crippen LogP contribution in [-0.4, -0.2) is 302 Å². The zero-order chi connectivity index (χ0) is 71.2. The van der Waals surface area contributed by atoms with Crippen molar-refractivity contribution in [1.82, 2.24) is 42.5 Å². The van der Waals surface area contributed by atoms with E-state index in [2.05, 4.69) is 42.5 Å². The number of hydrogen-bond acceptors (Lipinski definition) is 26. The maximum Gasteiger partial charge on any atom is 0.222 e. The molecule has 3 fully saturated rings. The van der Waals surface area contributed by atoms with Crippen molar-refractivity contribution < 1.29 is 127 Å². The minimum absolute atomic E-state index is 0.0338. The van der Waals surface area contributed by atoms with Crippen LogP contribution in [0.5, 0.6) is 0 Å². The Bertz CT molecular complexity index is 2100. The number of ether oxygens (including phenoxy) is 9. The van der Waals surface area contributed by atoms with Gasteiger partial charge in [0, 0.05) is 105 Å². The fraction of sp³-hybridized carbons (Fsp3) is 0.871. The van der Waals surface area contributed by atoms with Crippen molar-refractivity contribution in [3.8, 4) is 0 Å². The molecule has 2 heterocycles. The molecule has 0 spiro atoms. The highest BCUT2D eigenvalue weighted by Gasteiger charge is 2.48. The topological polar surface area (TPSA) is 498 Å². The van der Waals surface area contributed by atoms with Crippen LogP contribution in [0.2, 0.25) is 0 Å². The molecule has 15 atom stereocenters. The summed E-state index contributed by atoms with van der Waals surface area (Å²) >= 11 is 0. The van der Waals surface area contributed by atoms with E-state index in [1.807, 2.05) is 20.8 Å². The molecule has 2 aliphatic heterocycles. The van der Waals surface area contributed by atoms with Crippen LogP contribution in [-0.2, 0) is 81.0 Å². The van der Waals surface area contributed by atoms with E-state index in [9.17, 15) is 84.3 Å². The van der Waals surface area contributed by atoms with E-state index in [0.717, 1.165) is 25.7 Å². The smallest absolute Gasteiger partial charge is 0.222 e. The summed E-state index contributed by atoms with van der Waals surface area (Å²) in [6, 6.07) is -3.24. The van der Waals surface area contributed by atoms with Gasteiger partial charge in [-0.2, -0.15) is 0 Å². The van der Waals surface area contributed by atoms with Crippen molar-refractivity contribution >= 4 is 47.3 Å². The van der Waals surface area contributed by atoms with Gasteiger partial charge in [-0.3, -0.25) is 38.4 Å². The van der Waals surface area contributed by atoms with Crippen molar-refractivity contribution in [2.45, 2.75) is 228 Å². The normalized spacial score (nSPS) is 26.6. The summed E-state index contributed by atoms with van der Waals surface area (Å²) in [6.45, 7) is 7.92. The third-order valence-electron chi connectivity index (χ3n) is 15.8. The van der Waals surface area contributed by atoms with E-state index in [1.165, 1.54) is 20.8 Å². The number of unbranched alkanes of at least 4 members (excludes halogenated alkanes) is 3. The van der Waals surface area contributed by atoms with Gasteiger partial charge < -0.3 is 131 Å². The van der Waals surface area contributed by atoms with Crippen molar-refractivity contribution in [2.24, 2.45) is 5.92 Å². The van der Waals surface area contributed by atoms with Crippen LogP contribution in [0.25, 0.3) is 0 Å². The molecule has 6 unspecified atom stereocenters. The summed E-state index contributed by atoms with van der Waals surface area (Å²) < 4.78 is 52.5. The van der Waals surface area contributed by atoms with Crippen molar-refractivity contribution in [3.05, 3.63) is 0 Å². The first-order valence-electron chi connectivity index (χ1n) is 33.3. The molecule has 0 aromatic rings. The highest BCUT2D eigenvalue weighted by atomic mass is 16.7. The molecule has 1 saturated carbocycles. The van der Waals surface area contributed by atoms with Crippen LogP contribution >= 0.6 is 0 Å². The summed E-state index contributed by atoms with van der Waals surface area (Å²) in [5.74, 6) is -4.26. The molecule has 3 rings (SSSR count). The predicted octanol–water partition coefficient (Wildman–Crippen LogP) is -5.21. The van der Waals surface area contributed by atoms with Crippen molar-refractivity contribution in [1.29, 1.82) is 0 Å². The number of nitrogens with one attached hydrogen (secondary N) is 8. The van der Waals surface area contributed by atoms with Crippen LogP contribution in [0.1, 0.15) is 131 Å². The largest absolute Gasteiger partial charge is 0.396 e. The van der Waals surface area contributed by atoms with Gasteiger partial charge in [0.2, 0.25) is 47.3 Å². The highest BCUT2D eigenvalue weighted by molar-refractivity contribution is 5.80. The summed E-state index contributed by atoms with van der Waals surface area (Å²) in [6.07, 6.45) is -10.3. The molecule has 3 aliphatic rings. The van der Waals surface area contributed by atoms with Crippen LogP contribution in [0.15, 0.2) is 0 Å². The van der Waals surface area contributed by atoms with E-state index in [-0.39, 0.29) is 148 Å². The van der Waals surface area contributed by atoms with Gasteiger partial charge in [0.15, 0.2) is 12.6 Å². The molecule has 17 N–H and O–H groups in total. The first kappa shape index (κ1) is 85.3. The number of aliphatic hydroxyl groups excluding tert-OH is 9. The molecule has 0 bridgehead atoms. The van der Waals surface area contributed by atoms with Crippen LogP contribution in [0.4, 0.5) is 0 Å². The second kappa shape index (κ2) is 46.4. The minimum Gasteiger partial charge on any atom is -0.396 e.